The molecule has 0 bridgehead atoms. The lowest BCUT2D eigenvalue weighted by molar-refractivity contribution is -0.121. The third-order valence-corrected chi connectivity index (χ3v) is 8.09. The van der Waals surface area contributed by atoms with Crippen molar-refractivity contribution in [2.45, 2.75) is 50.2 Å². The van der Waals surface area contributed by atoms with Crippen molar-refractivity contribution in [1.29, 1.82) is 0 Å². The summed E-state index contributed by atoms with van der Waals surface area (Å²) in [4.78, 5) is 26.0. The molecule has 1 amide bonds. The van der Waals surface area contributed by atoms with Gasteiger partial charge in [-0.1, -0.05) is 25.8 Å². The first-order chi connectivity index (χ1) is 14.8. The molecule has 5 rings (SSSR count). The average molecular weight is 442 g/mol. The van der Waals surface area contributed by atoms with E-state index in [0.29, 0.717) is 18.5 Å². The number of carbonyl (C=O) groups excluding carboxylic acids is 1. The van der Waals surface area contributed by atoms with E-state index >= 15 is 0 Å². The molecule has 2 aromatic rings. The zero-order valence-electron chi connectivity index (χ0n) is 17.8. The van der Waals surface area contributed by atoms with Crippen LogP contribution in [0.2, 0.25) is 0 Å². The fourth-order valence-electron chi connectivity index (χ4n) is 4.95. The van der Waals surface area contributed by atoms with Crippen molar-refractivity contribution in [3.8, 4) is 0 Å². The van der Waals surface area contributed by atoms with E-state index in [1.54, 1.807) is 18.1 Å². The summed E-state index contributed by atoms with van der Waals surface area (Å²) >= 11 is 0. The minimum absolute atomic E-state index is 0.0726. The molecule has 0 spiro atoms. The van der Waals surface area contributed by atoms with Crippen LogP contribution < -0.4 is 15.1 Å². The molecule has 3 heterocycles. The van der Waals surface area contributed by atoms with Crippen LogP contribution in [-0.4, -0.2) is 43.9 Å². The Labute approximate surface area is 182 Å². The van der Waals surface area contributed by atoms with Crippen molar-refractivity contribution in [3.63, 3.8) is 0 Å². The van der Waals surface area contributed by atoms with Crippen LogP contribution in [-0.2, 0) is 26.1 Å². The van der Waals surface area contributed by atoms with Gasteiger partial charge in [-0.25, -0.2) is 13.4 Å². The van der Waals surface area contributed by atoms with Crippen molar-refractivity contribution in [2.75, 3.05) is 28.7 Å². The lowest BCUT2D eigenvalue weighted by atomic mass is 10.1. The highest BCUT2D eigenvalue weighted by molar-refractivity contribution is 7.90. The SMILES string of the molecule is CC1CN(C2CCCC2)c2nc(Nc3ccc4c(c3)CS(=O)(=O)C4)ncc2N(C)C1=O. The van der Waals surface area contributed by atoms with E-state index in [1.807, 2.05) is 25.1 Å². The Morgan fingerprint density at radius 3 is 2.65 bits per heavy atom. The van der Waals surface area contributed by atoms with E-state index in [2.05, 4.69) is 15.2 Å². The van der Waals surface area contributed by atoms with E-state index in [1.165, 1.54) is 12.8 Å². The Morgan fingerprint density at radius 1 is 1.13 bits per heavy atom. The van der Waals surface area contributed by atoms with Crippen LogP contribution in [0.5, 0.6) is 0 Å². The van der Waals surface area contributed by atoms with Crippen molar-refractivity contribution in [1.82, 2.24) is 9.97 Å². The number of aromatic nitrogens is 2. The molecular weight excluding hydrogens is 414 g/mol. The van der Waals surface area contributed by atoms with Crippen molar-refractivity contribution >= 4 is 38.9 Å². The predicted octanol–water partition coefficient (Wildman–Crippen LogP) is 3.01. The zero-order chi connectivity index (χ0) is 21.8. The van der Waals surface area contributed by atoms with Gasteiger partial charge in [-0.2, -0.15) is 4.98 Å². The summed E-state index contributed by atoms with van der Waals surface area (Å²) in [6.45, 7) is 2.62. The number of sulfone groups is 1. The summed E-state index contributed by atoms with van der Waals surface area (Å²) in [6.07, 6.45) is 6.32. The molecule has 3 aliphatic rings. The van der Waals surface area contributed by atoms with Gasteiger partial charge in [0.1, 0.15) is 5.69 Å². The van der Waals surface area contributed by atoms with E-state index in [-0.39, 0.29) is 23.3 Å². The Balaban J connectivity index is 1.49. The van der Waals surface area contributed by atoms with Crippen molar-refractivity contribution in [3.05, 3.63) is 35.5 Å². The lowest BCUT2D eigenvalue weighted by Gasteiger charge is -2.31. The van der Waals surface area contributed by atoms with Gasteiger partial charge in [0, 0.05) is 25.3 Å². The molecule has 1 aliphatic carbocycles. The number of rotatable bonds is 3. The molecule has 1 unspecified atom stereocenters. The molecular formula is C22H27N5O3S. The number of nitrogens with one attached hydrogen (secondary N) is 1. The molecule has 1 atom stereocenters. The summed E-state index contributed by atoms with van der Waals surface area (Å²) in [7, 11) is -1.26. The van der Waals surface area contributed by atoms with E-state index in [9.17, 15) is 13.2 Å². The van der Waals surface area contributed by atoms with Crippen molar-refractivity contribution < 1.29 is 13.2 Å². The highest BCUT2D eigenvalue weighted by Gasteiger charge is 2.35. The number of hydrogen-bond acceptors (Lipinski definition) is 7. The number of anilines is 4. The van der Waals surface area contributed by atoms with Gasteiger partial charge in [0.25, 0.3) is 0 Å². The molecule has 2 aliphatic heterocycles. The normalized spacial score (nSPS) is 22.9. The van der Waals surface area contributed by atoms with Crippen LogP contribution in [0.3, 0.4) is 0 Å². The molecule has 164 valence electrons. The number of amides is 1. The van der Waals surface area contributed by atoms with E-state index in [0.717, 1.165) is 41.2 Å². The minimum Gasteiger partial charge on any atom is -0.351 e. The van der Waals surface area contributed by atoms with E-state index < -0.39 is 9.84 Å². The molecule has 8 nitrogen and oxygen atoms in total. The fourth-order valence-corrected chi connectivity index (χ4v) is 6.55. The summed E-state index contributed by atoms with van der Waals surface area (Å²) < 4.78 is 23.8. The Kier molecular flexibility index (Phi) is 4.88. The van der Waals surface area contributed by atoms with Gasteiger partial charge in [-0.05, 0) is 36.1 Å². The molecule has 31 heavy (non-hydrogen) atoms. The highest BCUT2D eigenvalue weighted by Crippen LogP contribution is 2.37. The second kappa shape index (κ2) is 7.47. The third kappa shape index (κ3) is 3.75. The molecule has 1 aromatic carbocycles. The third-order valence-electron chi connectivity index (χ3n) is 6.58. The lowest BCUT2D eigenvalue weighted by Crippen LogP contribution is -2.38. The van der Waals surface area contributed by atoms with Crippen LogP contribution >= 0.6 is 0 Å². The van der Waals surface area contributed by atoms with Gasteiger partial charge in [0.2, 0.25) is 11.9 Å². The molecule has 1 N–H and O–H groups in total. The number of carbonyl (C=O) groups is 1. The molecule has 0 saturated heterocycles. The summed E-state index contributed by atoms with van der Waals surface area (Å²) in [5.74, 6) is 1.36. The standard InChI is InChI=1S/C22H27N5O3S/c1-14-11-27(18-5-3-4-6-18)20-19(26(2)21(14)28)10-23-22(25-20)24-17-8-7-15-12-31(29,30)13-16(15)9-17/h7-10,14,18H,3-6,11-13H2,1-2H3,(H,23,24,25). The first kappa shape index (κ1) is 20.2. The van der Waals surface area contributed by atoms with Crippen molar-refractivity contribution in [2.24, 2.45) is 5.92 Å². The molecule has 9 heteroatoms. The highest BCUT2D eigenvalue weighted by atomic mass is 32.2. The van der Waals surface area contributed by atoms with Crippen LogP contribution in [0.1, 0.15) is 43.7 Å². The molecule has 1 fully saturated rings. The van der Waals surface area contributed by atoms with Crippen LogP contribution in [0.15, 0.2) is 24.4 Å². The summed E-state index contributed by atoms with van der Waals surface area (Å²) in [6, 6.07) is 5.96. The van der Waals surface area contributed by atoms with Gasteiger partial charge in [-0.15, -0.1) is 0 Å². The van der Waals surface area contributed by atoms with Crippen LogP contribution in [0.25, 0.3) is 0 Å². The second-order valence-corrected chi connectivity index (χ2v) is 11.0. The van der Waals surface area contributed by atoms with Crippen LogP contribution in [0, 0.1) is 5.92 Å². The smallest absolute Gasteiger partial charge is 0.231 e. The second-order valence-electron chi connectivity index (χ2n) is 8.93. The topological polar surface area (TPSA) is 95.5 Å². The molecule has 0 radical (unpaired) electrons. The number of fused-ring (bicyclic) bond motifs is 2. The maximum Gasteiger partial charge on any atom is 0.231 e. The van der Waals surface area contributed by atoms with Crippen LogP contribution in [0.4, 0.5) is 23.1 Å². The molecule has 1 aromatic heterocycles. The monoisotopic (exact) mass is 441 g/mol. The first-order valence-corrected chi connectivity index (χ1v) is 12.6. The average Bonchev–Trinajstić information content (AvgIpc) is 3.34. The number of hydrogen-bond donors (Lipinski definition) is 1. The quantitative estimate of drug-likeness (QED) is 0.782. The summed E-state index contributed by atoms with van der Waals surface area (Å²) in [5, 5.41) is 3.23. The summed E-state index contributed by atoms with van der Waals surface area (Å²) in [5.41, 5.74) is 3.17. The zero-order valence-corrected chi connectivity index (χ0v) is 18.7. The maximum atomic E-state index is 12.8. The van der Waals surface area contributed by atoms with Gasteiger partial charge >= 0.3 is 0 Å². The Hall–Kier alpha value is -2.68. The largest absolute Gasteiger partial charge is 0.351 e. The van der Waals surface area contributed by atoms with Gasteiger partial charge in [0.15, 0.2) is 15.7 Å². The predicted molar refractivity (Wildman–Crippen MR) is 120 cm³/mol. The van der Waals surface area contributed by atoms with E-state index in [4.69, 9.17) is 4.98 Å². The van der Waals surface area contributed by atoms with Gasteiger partial charge < -0.3 is 15.1 Å². The Morgan fingerprint density at radius 2 is 1.87 bits per heavy atom. The van der Waals surface area contributed by atoms with Gasteiger partial charge in [-0.3, -0.25) is 4.79 Å². The fraction of sp³-hybridized carbons (Fsp3) is 0.500. The molecule has 1 saturated carbocycles. The minimum atomic E-state index is -3.05. The number of nitrogens with zero attached hydrogens (tertiary/aromatic N) is 4. The van der Waals surface area contributed by atoms with Gasteiger partial charge in [0.05, 0.1) is 23.6 Å². The number of benzene rings is 1. The Bertz CT molecular complexity index is 1140. The first-order valence-electron chi connectivity index (χ1n) is 10.8. The maximum absolute atomic E-state index is 12.8.